The summed E-state index contributed by atoms with van der Waals surface area (Å²) < 4.78 is 7.20. The molecule has 0 amide bonds. The number of nitrogens with one attached hydrogen (secondary N) is 1. The molecule has 0 saturated heterocycles. The van der Waals surface area contributed by atoms with Crippen LogP contribution in [-0.2, 0) is 4.74 Å². The van der Waals surface area contributed by atoms with Gasteiger partial charge in [0.25, 0.3) is 0 Å². The van der Waals surface area contributed by atoms with Crippen LogP contribution in [0.4, 0.5) is 5.82 Å². The summed E-state index contributed by atoms with van der Waals surface area (Å²) in [6, 6.07) is 11.9. The number of aromatic nitrogens is 4. The van der Waals surface area contributed by atoms with Crippen LogP contribution in [0.2, 0.25) is 5.02 Å². The average molecular weight is 358 g/mol. The molecule has 2 aromatic heterocycles. The van der Waals surface area contributed by atoms with Crippen LogP contribution in [0.3, 0.4) is 0 Å². The first-order valence-electron chi connectivity index (χ1n) is 8.50. The van der Waals surface area contributed by atoms with Crippen molar-refractivity contribution in [3.8, 4) is 11.4 Å². The third kappa shape index (κ3) is 3.45. The second kappa shape index (κ2) is 6.98. The molecule has 0 aliphatic heterocycles. The number of fused-ring (bicyclic) bond motifs is 1. The maximum Gasteiger partial charge on any atom is 0.185 e. The highest BCUT2D eigenvalue weighted by atomic mass is 35.5. The summed E-state index contributed by atoms with van der Waals surface area (Å²) >= 11 is 6.10. The number of hydrogen-bond acceptors (Lipinski definition) is 5. The highest BCUT2D eigenvalue weighted by Gasteiger charge is 2.21. The van der Waals surface area contributed by atoms with E-state index in [1.54, 1.807) is 11.6 Å². The molecular weight excluding hydrogens is 338 g/mol. The van der Waals surface area contributed by atoms with Crippen molar-refractivity contribution >= 4 is 23.1 Å². The Morgan fingerprint density at radius 2 is 1.96 bits per heavy atom. The van der Waals surface area contributed by atoms with Crippen molar-refractivity contribution < 1.29 is 4.74 Å². The van der Waals surface area contributed by atoms with E-state index < -0.39 is 0 Å². The van der Waals surface area contributed by atoms with Gasteiger partial charge < -0.3 is 10.1 Å². The second-order valence-corrected chi connectivity index (χ2v) is 6.81. The minimum absolute atomic E-state index is 0.390. The molecule has 6 nitrogen and oxygen atoms in total. The Hall–Kier alpha value is -2.18. The summed E-state index contributed by atoms with van der Waals surface area (Å²) in [5.41, 5.74) is 1.61. The van der Waals surface area contributed by atoms with Gasteiger partial charge in [0.05, 0.1) is 6.10 Å². The van der Waals surface area contributed by atoms with E-state index in [0.717, 1.165) is 37.1 Å². The van der Waals surface area contributed by atoms with Gasteiger partial charge in [-0.2, -0.15) is 4.52 Å². The van der Waals surface area contributed by atoms with E-state index in [4.69, 9.17) is 16.3 Å². The molecule has 1 saturated carbocycles. The molecule has 1 N–H and O–H groups in total. The molecule has 130 valence electrons. The molecular formula is C18H20ClN5O. The third-order valence-corrected chi connectivity index (χ3v) is 4.94. The zero-order chi connectivity index (χ0) is 17.2. The predicted octanol–water partition coefficient (Wildman–Crippen LogP) is 3.81. The molecule has 1 aliphatic rings. The third-order valence-electron chi connectivity index (χ3n) is 4.71. The quantitative estimate of drug-likeness (QED) is 0.769. The number of halogens is 1. The average Bonchev–Trinajstić information content (AvgIpc) is 3.06. The molecule has 1 fully saturated rings. The van der Waals surface area contributed by atoms with Crippen LogP contribution in [0.5, 0.6) is 0 Å². The van der Waals surface area contributed by atoms with Gasteiger partial charge in [-0.1, -0.05) is 23.7 Å². The lowest BCUT2D eigenvalue weighted by Gasteiger charge is -2.28. The molecule has 4 rings (SSSR count). The maximum absolute atomic E-state index is 6.10. The number of rotatable bonds is 4. The Bertz CT molecular complexity index is 873. The zero-order valence-corrected chi connectivity index (χ0v) is 14.8. The zero-order valence-electron chi connectivity index (χ0n) is 14.0. The highest BCUT2D eigenvalue weighted by molar-refractivity contribution is 6.30. The Balaban J connectivity index is 1.58. The first-order valence-corrected chi connectivity index (χ1v) is 8.88. The first-order chi connectivity index (χ1) is 12.2. The van der Waals surface area contributed by atoms with E-state index in [1.807, 2.05) is 36.4 Å². The lowest BCUT2D eigenvalue weighted by Crippen LogP contribution is -2.29. The predicted molar refractivity (Wildman–Crippen MR) is 97.9 cm³/mol. The largest absolute Gasteiger partial charge is 0.381 e. The number of nitrogens with zero attached hydrogens (tertiary/aromatic N) is 4. The van der Waals surface area contributed by atoms with Crippen molar-refractivity contribution in [1.29, 1.82) is 0 Å². The van der Waals surface area contributed by atoms with E-state index in [2.05, 4.69) is 20.6 Å². The van der Waals surface area contributed by atoms with Gasteiger partial charge >= 0.3 is 0 Å². The topological polar surface area (TPSA) is 64.3 Å². The summed E-state index contributed by atoms with van der Waals surface area (Å²) in [6.45, 7) is 0. The van der Waals surface area contributed by atoms with Crippen molar-refractivity contribution in [2.24, 2.45) is 0 Å². The highest BCUT2D eigenvalue weighted by Crippen LogP contribution is 2.25. The fraction of sp³-hybridized carbons (Fsp3) is 0.389. The molecule has 1 aromatic carbocycles. The van der Waals surface area contributed by atoms with Crippen LogP contribution in [0.1, 0.15) is 25.7 Å². The molecule has 0 unspecified atom stereocenters. The second-order valence-electron chi connectivity index (χ2n) is 6.38. The molecule has 0 atom stereocenters. The Morgan fingerprint density at radius 1 is 1.12 bits per heavy atom. The maximum atomic E-state index is 6.10. The van der Waals surface area contributed by atoms with Gasteiger partial charge in [-0.15, -0.1) is 15.3 Å². The molecule has 2 heterocycles. The van der Waals surface area contributed by atoms with Crippen molar-refractivity contribution in [3.05, 3.63) is 41.4 Å². The monoisotopic (exact) mass is 357 g/mol. The van der Waals surface area contributed by atoms with Crippen molar-refractivity contribution in [2.75, 3.05) is 12.4 Å². The van der Waals surface area contributed by atoms with E-state index in [-0.39, 0.29) is 0 Å². The first kappa shape index (κ1) is 16.3. The van der Waals surface area contributed by atoms with Gasteiger partial charge in [-0.05, 0) is 49.9 Å². The van der Waals surface area contributed by atoms with E-state index in [9.17, 15) is 0 Å². The lowest BCUT2D eigenvalue weighted by molar-refractivity contribution is 0.0681. The van der Waals surface area contributed by atoms with Gasteiger partial charge in [-0.25, -0.2) is 0 Å². The lowest BCUT2D eigenvalue weighted by atomic mass is 9.93. The van der Waals surface area contributed by atoms with E-state index in [1.165, 1.54) is 0 Å². The number of benzene rings is 1. The summed E-state index contributed by atoms with van der Waals surface area (Å²) in [4.78, 5) is 0. The molecule has 1 aliphatic carbocycles. The molecule has 7 heteroatoms. The molecule has 3 aromatic rings. The van der Waals surface area contributed by atoms with Gasteiger partial charge in [0.15, 0.2) is 11.5 Å². The summed E-state index contributed by atoms with van der Waals surface area (Å²) in [5, 5.41) is 17.3. The molecule has 0 radical (unpaired) electrons. The standard InChI is InChI=1S/C18H20ClN5O/c1-25-15-7-5-14(6-8-15)20-16-9-10-17-21-22-18(24(17)23-16)12-3-2-4-13(19)11-12/h2-4,9-11,14-15H,5-8H2,1H3,(H,20,23). The molecule has 25 heavy (non-hydrogen) atoms. The SMILES string of the molecule is COC1CCC(Nc2ccc3nnc(-c4cccc(Cl)c4)n3n2)CC1. The Labute approximate surface area is 151 Å². The van der Waals surface area contributed by atoms with Crippen molar-refractivity contribution in [1.82, 2.24) is 19.8 Å². The van der Waals surface area contributed by atoms with E-state index >= 15 is 0 Å². The smallest absolute Gasteiger partial charge is 0.185 e. The van der Waals surface area contributed by atoms with Gasteiger partial charge in [-0.3, -0.25) is 0 Å². The fourth-order valence-corrected chi connectivity index (χ4v) is 3.52. The van der Waals surface area contributed by atoms with Gasteiger partial charge in [0.1, 0.15) is 5.82 Å². The van der Waals surface area contributed by atoms with Crippen LogP contribution in [0, 0.1) is 0 Å². The minimum Gasteiger partial charge on any atom is -0.381 e. The van der Waals surface area contributed by atoms with Crippen LogP contribution in [0.25, 0.3) is 17.0 Å². The molecule has 0 bridgehead atoms. The number of anilines is 1. The number of methoxy groups -OCH3 is 1. The fourth-order valence-electron chi connectivity index (χ4n) is 3.33. The summed E-state index contributed by atoms with van der Waals surface area (Å²) in [5.74, 6) is 1.51. The Morgan fingerprint density at radius 3 is 2.72 bits per heavy atom. The number of ether oxygens (including phenoxy) is 1. The van der Waals surface area contributed by atoms with Crippen LogP contribution < -0.4 is 5.32 Å². The number of hydrogen-bond donors (Lipinski definition) is 1. The normalized spacial score (nSPS) is 20.7. The van der Waals surface area contributed by atoms with Gasteiger partial charge in [0.2, 0.25) is 0 Å². The summed E-state index contributed by atoms with van der Waals surface area (Å²) in [7, 11) is 1.79. The van der Waals surface area contributed by atoms with Crippen LogP contribution >= 0.6 is 11.6 Å². The van der Waals surface area contributed by atoms with Gasteiger partial charge in [0, 0.05) is 23.7 Å². The van der Waals surface area contributed by atoms with Crippen LogP contribution in [-0.4, -0.2) is 39.1 Å². The summed E-state index contributed by atoms with van der Waals surface area (Å²) in [6.07, 6.45) is 4.72. The minimum atomic E-state index is 0.390. The van der Waals surface area contributed by atoms with Crippen LogP contribution in [0.15, 0.2) is 36.4 Å². The van der Waals surface area contributed by atoms with Crippen molar-refractivity contribution in [3.63, 3.8) is 0 Å². The Kier molecular flexibility index (Phi) is 4.55. The van der Waals surface area contributed by atoms with E-state index in [0.29, 0.717) is 28.6 Å². The molecule has 0 spiro atoms. The van der Waals surface area contributed by atoms with Crippen molar-refractivity contribution in [2.45, 2.75) is 37.8 Å².